The van der Waals surface area contributed by atoms with Crippen molar-refractivity contribution in [1.82, 2.24) is 9.78 Å². The summed E-state index contributed by atoms with van der Waals surface area (Å²) in [6, 6.07) is 6.39. The van der Waals surface area contributed by atoms with E-state index in [2.05, 4.69) is 5.10 Å². The molecule has 86 valence electrons. The highest BCUT2D eigenvalue weighted by atomic mass is 35.5. The molecule has 0 aliphatic rings. The zero-order chi connectivity index (χ0) is 10.7. The number of benzene rings is 1. The molecule has 3 nitrogen and oxygen atoms in total. The van der Waals surface area contributed by atoms with Crippen LogP contribution < -0.4 is 5.73 Å². The molecule has 0 radical (unpaired) electrons. The monoisotopic (exact) mass is 241 g/mol. The van der Waals surface area contributed by atoms with Gasteiger partial charge in [0.1, 0.15) is 5.82 Å². The van der Waals surface area contributed by atoms with Crippen LogP contribution >= 0.6 is 12.4 Å². The van der Waals surface area contributed by atoms with Crippen LogP contribution in [-0.2, 0) is 13.1 Å². The Kier molecular flexibility index (Phi) is 4.46. The van der Waals surface area contributed by atoms with E-state index >= 15 is 0 Å². The van der Waals surface area contributed by atoms with Gasteiger partial charge < -0.3 is 5.73 Å². The molecule has 0 bridgehead atoms. The summed E-state index contributed by atoms with van der Waals surface area (Å²) in [7, 11) is 0. The average molecular weight is 242 g/mol. The highest BCUT2D eigenvalue weighted by molar-refractivity contribution is 5.85. The van der Waals surface area contributed by atoms with Crippen LogP contribution in [0.5, 0.6) is 0 Å². The lowest BCUT2D eigenvalue weighted by Crippen LogP contribution is -2.00. The normalized spacial score (nSPS) is 9.88. The van der Waals surface area contributed by atoms with E-state index in [0.29, 0.717) is 13.1 Å². The van der Waals surface area contributed by atoms with Gasteiger partial charge in [0.25, 0.3) is 0 Å². The van der Waals surface area contributed by atoms with Gasteiger partial charge in [-0.25, -0.2) is 4.39 Å². The highest BCUT2D eigenvalue weighted by Gasteiger charge is 1.98. The van der Waals surface area contributed by atoms with Crippen molar-refractivity contribution >= 4 is 12.4 Å². The zero-order valence-electron chi connectivity index (χ0n) is 8.64. The first-order chi connectivity index (χ1) is 7.28. The summed E-state index contributed by atoms with van der Waals surface area (Å²) >= 11 is 0. The van der Waals surface area contributed by atoms with E-state index in [1.54, 1.807) is 23.0 Å². The molecular weight excluding hydrogens is 229 g/mol. The number of hydrogen-bond acceptors (Lipinski definition) is 2. The van der Waals surface area contributed by atoms with Gasteiger partial charge in [-0.2, -0.15) is 5.10 Å². The molecule has 2 rings (SSSR count). The second-order valence-corrected chi connectivity index (χ2v) is 3.38. The maximum Gasteiger partial charge on any atom is 0.123 e. The Morgan fingerprint density at radius 1 is 1.19 bits per heavy atom. The summed E-state index contributed by atoms with van der Waals surface area (Å²) in [5.41, 5.74) is 7.49. The van der Waals surface area contributed by atoms with Crippen molar-refractivity contribution in [3.63, 3.8) is 0 Å². The van der Waals surface area contributed by atoms with Crippen LogP contribution in [0.2, 0.25) is 0 Å². The molecule has 5 heteroatoms. The molecule has 0 saturated carbocycles. The minimum absolute atomic E-state index is 0. The quantitative estimate of drug-likeness (QED) is 0.893. The van der Waals surface area contributed by atoms with E-state index in [9.17, 15) is 4.39 Å². The van der Waals surface area contributed by atoms with Crippen LogP contribution in [0.15, 0.2) is 36.7 Å². The first-order valence-corrected chi connectivity index (χ1v) is 4.74. The third-order valence-corrected chi connectivity index (χ3v) is 2.18. The Hall–Kier alpha value is -1.39. The fourth-order valence-corrected chi connectivity index (χ4v) is 1.38. The molecule has 16 heavy (non-hydrogen) atoms. The van der Waals surface area contributed by atoms with E-state index in [1.807, 2.05) is 6.20 Å². The first-order valence-electron chi connectivity index (χ1n) is 4.74. The maximum atomic E-state index is 12.6. The van der Waals surface area contributed by atoms with Gasteiger partial charge in [0.2, 0.25) is 0 Å². The summed E-state index contributed by atoms with van der Waals surface area (Å²) in [6.07, 6.45) is 3.63. The fourth-order valence-electron chi connectivity index (χ4n) is 1.38. The van der Waals surface area contributed by atoms with Crippen LogP contribution in [0.4, 0.5) is 4.39 Å². The van der Waals surface area contributed by atoms with E-state index < -0.39 is 0 Å². The minimum atomic E-state index is -0.220. The maximum absolute atomic E-state index is 12.6. The lowest BCUT2D eigenvalue weighted by atomic mass is 10.2. The lowest BCUT2D eigenvalue weighted by Gasteiger charge is -2.01. The molecule has 1 aromatic heterocycles. The van der Waals surface area contributed by atoms with Crippen molar-refractivity contribution in [2.75, 3.05) is 0 Å². The number of rotatable bonds is 3. The van der Waals surface area contributed by atoms with E-state index in [0.717, 1.165) is 11.1 Å². The fraction of sp³-hybridized carbons (Fsp3) is 0.182. The third kappa shape index (κ3) is 3.05. The van der Waals surface area contributed by atoms with Gasteiger partial charge in [-0.15, -0.1) is 12.4 Å². The minimum Gasteiger partial charge on any atom is -0.326 e. The molecular formula is C11H13ClFN3. The van der Waals surface area contributed by atoms with Gasteiger partial charge in [0.05, 0.1) is 12.7 Å². The Balaban J connectivity index is 0.00000128. The van der Waals surface area contributed by atoms with Gasteiger partial charge in [-0.3, -0.25) is 4.68 Å². The van der Waals surface area contributed by atoms with Crippen molar-refractivity contribution in [2.24, 2.45) is 5.73 Å². The van der Waals surface area contributed by atoms with Crippen molar-refractivity contribution in [2.45, 2.75) is 13.1 Å². The Morgan fingerprint density at radius 3 is 2.44 bits per heavy atom. The predicted octanol–water partition coefficient (Wildman–Crippen LogP) is 1.95. The SMILES string of the molecule is Cl.NCc1cnn(Cc2ccc(F)cc2)c1. The Labute approximate surface area is 99.5 Å². The van der Waals surface area contributed by atoms with E-state index in [1.165, 1.54) is 12.1 Å². The van der Waals surface area contributed by atoms with Crippen molar-refractivity contribution in [1.29, 1.82) is 0 Å². The van der Waals surface area contributed by atoms with Gasteiger partial charge >= 0.3 is 0 Å². The number of aromatic nitrogens is 2. The highest BCUT2D eigenvalue weighted by Crippen LogP contribution is 2.05. The molecule has 0 saturated heterocycles. The van der Waals surface area contributed by atoms with Crippen molar-refractivity contribution in [3.05, 3.63) is 53.6 Å². The van der Waals surface area contributed by atoms with Crippen molar-refractivity contribution < 1.29 is 4.39 Å². The lowest BCUT2D eigenvalue weighted by molar-refractivity contribution is 0.624. The van der Waals surface area contributed by atoms with E-state index in [-0.39, 0.29) is 18.2 Å². The van der Waals surface area contributed by atoms with Gasteiger partial charge in [-0.05, 0) is 17.7 Å². The van der Waals surface area contributed by atoms with Gasteiger partial charge in [0, 0.05) is 18.3 Å². The summed E-state index contributed by atoms with van der Waals surface area (Å²) < 4.78 is 14.4. The molecule has 0 amide bonds. The van der Waals surface area contributed by atoms with Gasteiger partial charge in [-0.1, -0.05) is 12.1 Å². The molecule has 0 atom stereocenters. The van der Waals surface area contributed by atoms with Crippen LogP contribution in [-0.4, -0.2) is 9.78 Å². The summed E-state index contributed by atoms with van der Waals surface area (Å²) in [4.78, 5) is 0. The zero-order valence-corrected chi connectivity index (χ0v) is 9.45. The summed E-state index contributed by atoms with van der Waals surface area (Å²) in [5, 5.41) is 4.15. The second kappa shape index (κ2) is 5.63. The smallest absolute Gasteiger partial charge is 0.123 e. The third-order valence-electron chi connectivity index (χ3n) is 2.18. The van der Waals surface area contributed by atoms with Gasteiger partial charge in [0.15, 0.2) is 0 Å². The first kappa shape index (κ1) is 12.7. The Bertz CT molecular complexity index is 439. The molecule has 2 aromatic rings. The standard InChI is InChI=1S/C11H12FN3.ClH/c12-11-3-1-9(2-4-11)7-15-8-10(5-13)6-14-15;/h1-4,6,8H,5,7,13H2;1H. The predicted molar refractivity (Wildman–Crippen MR) is 62.9 cm³/mol. The number of halogens is 2. The second-order valence-electron chi connectivity index (χ2n) is 3.38. The number of nitrogens with zero attached hydrogens (tertiary/aromatic N) is 2. The number of nitrogens with two attached hydrogens (primary N) is 1. The molecule has 0 aliphatic carbocycles. The van der Waals surface area contributed by atoms with Crippen LogP contribution in [0.3, 0.4) is 0 Å². The molecule has 0 spiro atoms. The summed E-state index contributed by atoms with van der Waals surface area (Å²) in [6.45, 7) is 1.13. The van der Waals surface area contributed by atoms with Crippen molar-refractivity contribution in [3.8, 4) is 0 Å². The van der Waals surface area contributed by atoms with E-state index in [4.69, 9.17) is 5.73 Å². The molecule has 0 fully saturated rings. The Morgan fingerprint density at radius 2 is 1.88 bits per heavy atom. The van der Waals surface area contributed by atoms with Crippen LogP contribution in [0.1, 0.15) is 11.1 Å². The molecule has 1 heterocycles. The molecule has 0 aliphatic heterocycles. The molecule has 0 unspecified atom stereocenters. The number of hydrogen-bond donors (Lipinski definition) is 1. The van der Waals surface area contributed by atoms with Crippen LogP contribution in [0.25, 0.3) is 0 Å². The van der Waals surface area contributed by atoms with Crippen LogP contribution in [0, 0.1) is 5.82 Å². The molecule has 2 N–H and O–H groups in total. The summed E-state index contributed by atoms with van der Waals surface area (Å²) in [5.74, 6) is -0.220. The molecule has 1 aromatic carbocycles. The average Bonchev–Trinajstić information content (AvgIpc) is 2.69. The topological polar surface area (TPSA) is 43.8 Å². The largest absolute Gasteiger partial charge is 0.326 e.